The molecule has 1 fully saturated rings. The van der Waals surface area contributed by atoms with Crippen molar-refractivity contribution in [3.05, 3.63) is 59.2 Å². The number of carbonyl (C=O) groups is 2. The molecule has 0 unspecified atom stereocenters. The minimum atomic E-state index is -1.51. The van der Waals surface area contributed by atoms with E-state index in [4.69, 9.17) is 14.2 Å². The van der Waals surface area contributed by atoms with Crippen molar-refractivity contribution in [2.24, 2.45) is 5.92 Å². The molecule has 1 saturated carbocycles. The molecule has 7 heteroatoms. The van der Waals surface area contributed by atoms with Crippen LogP contribution < -0.4 is 9.47 Å². The van der Waals surface area contributed by atoms with Crippen molar-refractivity contribution in [2.75, 3.05) is 6.61 Å². The lowest BCUT2D eigenvalue weighted by atomic mass is 9.83. The van der Waals surface area contributed by atoms with Gasteiger partial charge in [0, 0.05) is 0 Å². The number of unbranched alkanes of at least 4 members (excludes halogenated alkanes) is 10. The monoisotopic (exact) mass is 649 g/mol. The number of ether oxygens (including phenoxy) is 3. The number of nitriles is 1. The Kier molecular flexibility index (Phi) is 18.0. The van der Waals surface area contributed by atoms with Gasteiger partial charge in [0.15, 0.2) is 6.17 Å². The second-order valence-electron chi connectivity index (χ2n) is 13.1. The van der Waals surface area contributed by atoms with Crippen LogP contribution >= 0.6 is 0 Å². The van der Waals surface area contributed by atoms with Crippen LogP contribution in [0.2, 0.25) is 0 Å². The number of rotatable bonds is 22. The molecule has 0 spiro atoms. The molecule has 0 heterocycles. The first-order chi connectivity index (χ1) is 22.9. The summed E-state index contributed by atoms with van der Waals surface area (Å²) in [5.41, 5.74) is 1.60. The standard InChI is InChI=1S/C40H56FNO5/c1-3-5-7-8-9-10-11-12-13-14-28-45-36-26-27-37(33(29-36)30-42)39(43)46-34-22-18-31(19-23-34)16-17-32-20-24-35(25-21-32)47-40(44)38(41)15-6-4-2/h18-19,22-23,26-27,29,32,35,38H,3-17,20-21,24-25,28H2,1-2H3/t32?,35?,38-/m0/s1. The third-order valence-electron chi connectivity index (χ3n) is 9.22. The Hall–Kier alpha value is -3.40. The Bertz CT molecular complexity index is 1230. The maximum atomic E-state index is 13.9. The Balaban J connectivity index is 1.34. The van der Waals surface area contributed by atoms with Gasteiger partial charge in [-0.1, -0.05) is 96.6 Å². The quantitative estimate of drug-likeness (QED) is 0.0717. The summed E-state index contributed by atoms with van der Waals surface area (Å²) in [6, 6.07) is 14.5. The largest absolute Gasteiger partial charge is 0.494 e. The highest BCUT2D eigenvalue weighted by Gasteiger charge is 2.27. The van der Waals surface area contributed by atoms with Crippen LogP contribution in [0.3, 0.4) is 0 Å². The molecule has 3 rings (SSSR count). The fourth-order valence-corrected chi connectivity index (χ4v) is 6.20. The van der Waals surface area contributed by atoms with E-state index in [1.165, 1.54) is 51.4 Å². The van der Waals surface area contributed by atoms with Gasteiger partial charge in [0.25, 0.3) is 0 Å². The minimum absolute atomic E-state index is 0.174. The maximum Gasteiger partial charge on any atom is 0.344 e. The zero-order valence-electron chi connectivity index (χ0n) is 28.8. The summed E-state index contributed by atoms with van der Waals surface area (Å²) in [6.45, 7) is 4.81. The number of aryl methyl sites for hydroxylation is 1. The van der Waals surface area contributed by atoms with E-state index in [2.05, 4.69) is 13.0 Å². The molecule has 0 N–H and O–H groups in total. The van der Waals surface area contributed by atoms with E-state index in [9.17, 15) is 19.2 Å². The fourth-order valence-electron chi connectivity index (χ4n) is 6.20. The maximum absolute atomic E-state index is 13.9. The third-order valence-corrected chi connectivity index (χ3v) is 9.22. The molecule has 1 aliphatic rings. The number of alkyl halides is 1. The van der Waals surface area contributed by atoms with Gasteiger partial charge >= 0.3 is 11.9 Å². The summed E-state index contributed by atoms with van der Waals surface area (Å²) < 4.78 is 30.8. The van der Waals surface area contributed by atoms with E-state index in [0.717, 1.165) is 63.4 Å². The molecular weight excluding hydrogens is 593 g/mol. The highest BCUT2D eigenvalue weighted by molar-refractivity contribution is 5.94. The lowest BCUT2D eigenvalue weighted by molar-refractivity contribution is -0.157. The summed E-state index contributed by atoms with van der Waals surface area (Å²) in [7, 11) is 0. The number of hydrogen-bond acceptors (Lipinski definition) is 6. The molecule has 2 aromatic rings. The van der Waals surface area contributed by atoms with Crippen molar-refractivity contribution in [3.63, 3.8) is 0 Å². The number of benzene rings is 2. The Morgan fingerprint density at radius 2 is 1.45 bits per heavy atom. The fraction of sp³-hybridized carbons (Fsp3) is 0.625. The van der Waals surface area contributed by atoms with Gasteiger partial charge in [0.2, 0.25) is 0 Å². The SMILES string of the molecule is CCCCCCCCCCCCOc1ccc(C(=O)Oc2ccc(CCC3CCC(OC(=O)[C@@H](F)CCCC)CC3)cc2)c(C#N)c1. The van der Waals surface area contributed by atoms with Gasteiger partial charge in [-0.15, -0.1) is 0 Å². The Morgan fingerprint density at radius 3 is 2.09 bits per heavy atom. The zero-order valence-corrected chi connectivity index (χ0v) is 28.8. The minimum Gasteiger partial charge on any atom is -0.494 e. The number of carbonyl (C=O) groups excluding carboxylic acids is 2. The summed E-state index contributed by atoms with van der Waals surface area (Å²) >= 11 is 0. The molecule has 1 aliphatic carbocycles. The molecule has 0 aromatic heterocycles. The number of halogens is 1. The van der Waals surface area contributed by atoms with Crippen molar-refractivity contribution >= 4 is 11.9 Å². The van der Waals surface area contributed by atoms with E-state index < -0.39 is 18.1 Å². The number of esters is 2. The molecule has 0 bridgehead atoms. The van der Waals surface area contributed by atoms with Crippen LogP contribution in [-0.4, -0.2) is 30.8 Å². The zero-order chi connectivity index (χ0) is 33.7. The van der Waals surface area contributed by atoms with E-state index in [1.807, 2.05) is 19.1 Å². The van der Waals surface area contributed by atoms with Gasteiger partial charge in [-0.25, -0.2) is 14.0 Å². The molecule has 2 aromatic carbocycles. The molecule has 6 nitrogen and oxygen atoms in total. The normalized spacial score (nSPS) is 16.6. The van der Waals surface area contributed by atoms with Gasteiger partial charge in [-0.3, -0.25) is 0 Å². The van der Waals surface area contributed by atoms with Crippen LogP contribution in [0.25, 0.3) is 0 Å². The third kappa shape index (κ3) is 14.5. The Morgan fingerprint density at radius 1 is 0.830 bits per heavy atom. The highest BCUT2D eigenvalue weighted by atomic mass is 19.1. The second kappa shape index (κ2) is 22.2. The van der Waals surface area contributed by atoms with Crippen molar-refractivity contribution in [2.45, 2.75) is 148 Å². The smallest absolute Gasteiger partial charge is 0.344 e. The predicted molar refractivity (Wildman–Crippen MR) is 184 cm³/mol. The first-order valence-corrected chi connectivity index (χ1v) is 18.3. The van der Waals surface area contributed by atoms with Gasteiger partial charge in [-0.05, 0) is 93.2 Å². The van der Waals surface area contributed by atoms with Crippen LogP contribution in [0.5, 0.6) is 11.5 Å². The number of nitrogens with zero attached hydrogens (tertiary/aromatic N) is 1. The van der Waals surface area contributed by atoms with Crippen molar-refractivity contribution in [3.8, 4) is 17.6 Å². The highest BCUT2D eigenvalue weighted by Crippen LogP contribution is 2.30. The predicted octanol–water partition coefficient (Wildman–Crippen LogP) is 10.6. The van der Waals surface area contributed by atoms with Crippen molar-refractivity contribution in [1.29, 1.82) is 5.26 Å². The lowest BCUT2D eigenvalue weighted by Crippen LogP contribution is -2.29. The van der Waals surface area contributed by atoms with E-state index >= 15 is 0 Å². The van der Waals surface area contributed by atoms with Crippen molar-refractivity contribution < 1.29 is 28.2 Å². The molecule has 258 valence electrons. The van der Waals surface area contributed by atoms with Crippen LogP contribution in [0.15, 0.2) is 42.5 Å². The van der Waals surface area contributed by atoms with Gasteiger partial charge in [0.05, 0.1) is 17.7 Å². The van der Waals surface area contributed by atoms with Gasteiger partial charge < -0.3 is 14.2 Å². The average Bonchev–Trinajstić information content (AvgIpc) is 3.09. The van der Waals surface area contributed by atoms with Crippen LogP contribution in [0.4, 0.5) is 4.39 Å². The average molecular weight is 650 g/mol. The van der Waals surface area contributed by atoms with Gasteiger partial charge in [-0.2, -0.15) is 5.26 Å². The van der Waals surface area contributed by atoms with Crippen LogP contribution in [0.1, 0.15) is 151 Å². The van der Waals surface area contributed by atoms with Crippen LogP contribution in [0, 0.1) is 17.2 Å². The topological polar surface area (TPSA) is 85.6 Å². The number of hydrogen-bond donors (Lipinski definition) is 0. The summed E-state index contributed by atoms with van der Waals surface area (Å²) in [5.74, 6) is 0.278. The van der Waals surface area contributed by atoms with E-state index in [-0.39, 0.29) is 23.7 Å². The lowest BCUT2D eigenvalue weighted by Gasteiger charge is -2.28. The first kappa shape index (κ1) is 38.1. The summed E-state index contributed by atoms with van der Waals surface area (Å²) in [5, 5.41) is 9.67. The second-order valence-corrected chi connectivity index (χ2v) is 13.1. The summed E-state index contributed by atoms with van der Waals surface area (Å²) in [4.78, 5) is 24.9. The summed E-state index contributed by atoms with van der Waals surface area (Å²) in [6.07, 6.45) is 18.1. The van der Waals surface area contributed by atoms with Gasteiger partial charge in [0.1, 0.15) is 23.7 Å². The molecule has 0 aliphatic heterocycles. The molecule has 0 radical (unpaired) electrons. The molecule has 1 atom stereocenters. The molecule has 0 saturated heterocycles. The van der Waals surface area contributed by atoms with Crippen LogP contribution in [-0.2, 0) is 16.0 Å². The van der Waals surface area contributed by atoms with E-state index in [0.29, 0.717) is 30.4 Å². The van der Waals surface area contributed by atoms with E-state index in [1.54, 1.807) is 30.3 Å². The first-order valence-electron chi connectivity index (χ1n) is 18.3. The Labute approximate surface area is 282 Å². The molecule has 0 amide bonds. The molecular formula is C40H56FNO5. The molecule has 47 heavy (non-hydrogen) atoms. The van der Waals surface area contributed by atoms with Crippen molar-refractivity contribution in [1.82, 2.24) is 0 Å².